The second kappa shape index (κ2) is 6.49. The normalized spacial score (nSPS) is 28.7. The van der Waals surface area contributed by atoms with Gasteiger partial charge in [-0.05, 0) is 48.9 Å². The van der Waals surface area contributed by atoms with Gasteiger partial charge in [0.1, 0.15) is 0 Å². The van der Waals surface area contributed by atoms with Crippen molar-refractivity contribution >= 4 is 33.7 Å². The van der Waals surface area contributed by atoms with Crippen LogP contribution in [0.1, 0.15) is 44.9 Å². The van der Waals surface area contributed by atoms with Crippen molar-refractivity contribution in [3.63, 3.8) is 0 Å². The number of halogens is 2. The molecule has 86 valence electrons. The van der Waals surface area contributed by atoms with Gasteiger partial charge in [-0.15, -0.1) is 0 Å². The second-order valence-electron chi connectivity index (χ2n) is 4.22. The highest BCUT2D eigenvalue weighted by atomic mass is 35.5. The zero-order chi connectivity index (χ0) is 11.3. The van der Waals surface area contributed by atoms with Gasteiger partial charge in [-0.1, -0.05) is 19.3 Å². The van der Waals surface area contributed by atoms with Crippen LogP contribution in [0.4, 0.5) is 0 Å². The molecule has 0 amide bonds. The van der Waals surface area contributed by atoms with E-state index in [9.17, 15) is 9.59 Å². The van der Waals surface area contributed by atoms with Gasteiger partial charge in [0, 0.05) is 11.8 Å². The van der Waals surface area contributed by atoms with Crippen LogP contribution in [-0.2, 0) is 9.59 Å². The minimum Gasteiger partial charge on any atom is -0.281 e. The molecule has 0 heterocycles. The molecule has 15 heavy (non-hydrogen) atoms. The Balaban J connectivity index is 2.48. The van der Waals surface area contributed by atoms with Crippen molar-refractivity contribution in [2.45, 2.75) is 44.9 Å². The lowest BCUT2D eigenvalue weighted by molar-refractivity contribution is -0.115. The summed E-state index contributed by atoms with van der Waals surface area (Å²) in [5, 5.41) is -0.462. The Morgan fingerprint density at radius 2 is 1.07 bits per heavy atom. The first-order chi connectivity index (χ1) is 7.11. The maximum Gasteiger partial charge on any atom is 0.224 e. The lowest BCUT2D eigenvalue weighted by Crippen LogP contribution is -2.09. The van der Waals surface area contributed by atoms with Gasteiger partial charge in [0.25, 0.3) is 0 Å². The van der Waals surface area contributed by atoms with Crippen LogP contribution in [0, 0.1) is 11.8 Å². The summed E-state index contributed by atoms with van der Waals surface area (Å²) in [5.74, 6) is -0.0355. The molecule has 0 aromatic carbocycles. The van der Waals surface area contributed by atoms with E-state index in [0.717, 1.165) is 44.9 Å². The third-order valence-corrected chi connectivity index (χ3v) is 3.72. The van der Waals surface area contributed by atoms with E-state index < -0.39 is 0 Å². The van der Waals surface area contributed by atoms with E-state index in [2.05, 4.69) is 0 Å². The van der Waals surface area contributed by atoms with Crippen LogP contribution in [0.25, 0.3) is 0 Å². The molecule has 0 bridgehead atoms. The van der Waals surface area contributed by atoms with Crippen LogP contribution in [0.2, 0.25) is 0 Å². The lowest BCUT2D eigenvalue weighted by atomic mass is 9.97. The Hall–Kier alpha value is -0.0800. The summed E-state index contributed by atoms with van der Waals surface area (Å²) in [4.78, 5) is 22.1. The first-order valence-corrected chi connectivity index (χ1v) is 6.25. The SMILES string of the molecule is O=C(Cl)C1CCCCC(C(=O)Cl)CCC1. The van der Waals surface area contributed by atoms with Gasteiger partial charge < -0.3 is 0 Å². The standard InChI is InChI=1S/C11H16Cl2O2/c12-10(14)8-4-1-2-5-9(11(13)15)7-3-6-8/h8-9H,1-7H2. The fourth-order valence-electron chi connectivity index (χ4n) is 2.13. The molecule has 1 fully saturated rings. The summed E-state index contributed by atoms with van der Waals surface area (Å²) in [6.45, 7) is 0. The molecule has 0 saturated heterocycles. The topological polar surface area (TPSA) is 34.1 Å². The summed E-state index contributed by atoms with van der Waals surface area (Å²) in [6, 6.07) is 0. The van der Waals surface area contributed by atoms with Crippen molar-refractivity contribution in [2.75, 3.05) is 0 Å². The van der Waals surface area contributed by atoms with Gasteiger partial charge in [-0.25, -0.2) is 0 Å². The summed E-state index contributed by atoms with van der Waals surface area (Å²) in [7, 11) is 0. The number of carbonyl (C=O) groups excluding carboxylic acids is 2. The average molecular weight is 251 g/mol. The van der Waals surface area contributed by atoms with Crippen LogP contribution >= 0.6 is 23.2 Å². The van der Waals surface area contributed by atoms with E-state index in [0.29, 0.717) is 0 Å². The predicted octanol–water partition coefficient (Wildman–Crippen LogP) is 3.49. The van der Waals surface area contributed by atoms with E-state index >= 15 is 0 Å². The highest BCUT2D eigenvalue weighted by molar-refractivity contribution is 6.64. The van der Waals surface area contributed by atoms with E-state index in [1.807, 2.05) is 0 Å². The molecule has 1 aliphatic rings. The zero-order valence-electron chi connectivity index (χ0n) is 8.68. The first-order valence-electron chi connectivity index (χ1n) is 5.50. The molecule has 0 aromatic heterocycles. The summed E-state index contributed by atoms with van der Waals surface area (Å²) >= 11 is 11.0. The van der Waals surface area contributed by atoms with Crippen LogP contribution in [0.15, 0.2) is 0 Å². The van der Waals surface area contributed by atoms with Crippen molar-refractivity contribution in [2.24, 2.45) is 11.8 Å². The van der Waals surface area contributed by atoms with Gasteiger partial charge in [0.2, 0.25) is 10.5 Å². The zero-order valence-corrected chi connectivity index (χ0v) is 10.2. The molecule has 2 unspecified atom stereocenters. The number of carbonyl (C=O) groups is 2. The fourth-order valence-corrected chi connectivity index (χ4v) is 2.57. The van der Waals surface area contributed by atoms with Gasteiger partial charge in [-0.3, -0.25) is 9.59 Å². The van der Waals surface area contributed by atoms with Crippen molar-refractivity contribution in [1.29, 1.82) is 0 Å². The molecule has 4 heteroatoms. The maximum absolute atomic E-state index is 11.1. The fraction of sp³-hybridized carbons (Fsp3) is 0.818. The largest absolute Gasteiger partial charge is 0.281 e. The molecule has 2 atom stereocenters. The smallest absolute Gasteiger partial charge is 0.224 e. The van der Waals surface area contributed by atoms with E-state index in [1.54, 1.807) is 0 Å². The molecule has 0 aliphatic heterocycles. The van der Waals surface area contributed by atoms with E-state index in [4.69, 9.17) is 23.2 Å². The van der Waals surface area contributed by atoms with Gasteiger partial charge in [-0.2, -0.15) is 0 Å². The molecule has 1 rings (SSSR count). The summed E-state index contributed by atoms with van der Waals surface area (Å²) in [6.07, 6.45) is 6.09. The maximum atomic E-state index is 11.1. The van der Waals surface area contributed by atoms with E-state index in [1.165, 1.54) is 0 Å². The molecular formula is C11H16Cl2O2. The highest BCUT2D eigenvalue weighted by Gasteiger charge is 2.22. The van der Waals surface area contributed by atoms with E-state index in [-0.39, 0.29) is 22.3 Å². The Morgan fingerprint density at radius 3 is 1.40 bits per heavy atom. The molecule has 0 aromatic rings. The second-order valence-corrected chi connectivity index (χ2v) is 4.96. The Labute approximate surface area is 100 Å². The van der Waals surface area contributed by atoms with Crippen LogP contribution in [-0.4, -0.2) is 10.5 Å². The molecular weight excluding hydrogens is 235 g/mol. The van der Waals surface area contributed by atoms with Crippen molar-refractivity contribution < 1.29 is 9.59 Å². The number of rotatable bonds is 2. The minimum atomic E-state index is -0.231. The number of hydrogen-bond donors (Lipinski definition) is 0. The van der Waals surface area contributed by atoms with Crippen molar-refractivity contribution in [3.05, 3.63) is 0 Å². The summed E-state index contributed by atoms with van der Waals surface area (Å²) in [5.41, 5.74) is 0. The number of hydrogen-bond acceptors (Lipinski definition) is 2. The molecule has 0 N–H and O–H groups in total. The van der Waals surface area contributed by atoms with Crippen LogP contribution < -0.4 is 0 Å². The van der Waals surface area contributed by atoms with Gasteiger partial charge in [0.05, 0.1) is 0 Å². The minimum absolute atomic E-state index is 0.0177. The van der Waals surface area contributed by atoms with Crippen molar-refractivity contribution in [3.8, 4) is 0 Å². The third-order valence-electron chi connectivity index (χ3n) is 3.10. The quantitative estimate of drug-likeness (QED) is 0.704. The van der Waals surface area contributed by atoms with Gasteiger partial charge >= 0.3 is 0 Å². The molecule has 1 aliphatic carbocycles. The molecule has 1 saturated carbocycles. The molecule has 0 radical (unpaired) electrons. The Morgan fingerprint density at radius 1 is 0.733 bits per heavy atom. The molecule has 0 spiro atoms. The Kier molecular flexibility index (Phi) is 5.62. The monoisotopic (exact) mass is 250 g/mol. The summed E-state index contributed by atoms with van der Waals surface area (Å²) < 4.78 is 0. The van der Waals surface area contributed by atoms with Crippen molar-refractivity contribution in [1.82, 2.24) is 0 Å². The van der Waals surface area contributed by atoms with Gasteiger partial charge in [0.15, 0.2) is 0 Å². The average Bonchev–Trinajstić information content (AvgIpc) is 2.27. The first kappa shape index (κ1) is 13.0. The molecule has 2 nitrogen and oxygen atoms in total. The lowest BCUT2D eigenvalue weighted by Gasteiger charge is -2.10. The Bertz CT molecular complexity index is 217. The highest BCUT2D eigenvalue weighted by Crippen LogP contribution is 2.27. The van der Waals surface area contributed by atoms with Crippen LogP contribution in [0.3, 0.4) is 0 Å². The third kappa shape index (κ3) is 4.52. The van der Waals surface area contributed by atoms with Crippen LogP contribution in [0.5, 0.6) is 0 Å². The predicted molar refractivity (Wildman–Crippen MR) is 61.0 cm³/mol.